The zero-order valence-corrected chi connectivity index (χ0v) is 12.0. The Kier molecular flexibility index (Phi) is 4.48. The van der Waals surface area contributed by atoms with Crippen molar-refractivity contribution in [2.24, 2.45) is 5.92 Å². The van der Waals surface area contributed by atoms with Gasteiger partial charge in [0.1, 0.15) is 12.4 Å². The maximum absolute atomic E-state index is 12.7. The molecule has 0 bridgehead atoms. The highest BCUT2D eigenvalue weighted by Gasteiger charge is 2.33. The van der Waals surface area contributed by atoms with Gasteiger partial charge in [0.05, 0.1) is 5.75 Å². The molecule has 0 radical (unpaired) electrons. The monoisotopic (exact) mass is 311 g/mol. The van der Waals surface area contributed by atoms with Gasteiger partial charge in [0, 0.05) is 24.6 Å². The minimum atomic E-state index is -4.57. The molecule has 1 heterocycles. The van der Waals surface area contributed by atoms with Crippen LogP contribution < -0.4 is 9.64 Å². The van der Waals surface area contributed by atoms with Gasteiger partial charge < -0.3 is 9.64 Å². The number of halogens is 1. The van der Waals surface area contributed by atoms with Crippen molar-refractivity contribution in [3.63, 3.8) is 0 Å². The number of amides is 1. The van der Waals surface area contributed by atoms with Crippen molar-refractivity contribution in [2.75, 3.05) is 23.8 Å². The second-order valence-corrected chi connectivity index (χ2v) is 6.18. The van der Waals surface area contributed by atoms with Crippen molar-refractivity contribution in [3.05, 3.63) is 24.3 Å². The summed E-state index contributed by atoms with van der Waals surface area (Å²) < 4.78 is 39.2. The largest absolute Gasteiger partial charge is 0.481 e. The lowest BCUT2D eigenvalue weighted by Gasteiger charge is -2.16. The third-order valence-electron chi connectivity index (χ3n) is 3.11. The van der Waals surface area contributed by atoms with Crippen molar-refractivity contribution in [2.45, 2.75) is 6.42 Å². The quantitative estimate of drug-likeness (QED) is 0.608. The first-order valence-corrected chi connectivity index (χ1v) is 7.83. The highest BCUT2D eigenvalue weighted by molar-refractivity contribution is 7.86. The van der Waals surface area contributed by atoms with E-state index in [2.05, 4.69) is 5.92 Å². The van der Waals surface area contributed by atoms with Crippen LogP contribution in [0.2, 0.25) is 0 Å². The van der Waals surface area contributed by atoms with Gasteiger partial charge in [-0.1, -0.05) is 5.92 Å². The van der Waals surface area contributed by atoms with Crippen molar-refractivity contribution < 1.29 is 21.8 Å². The summed E-state index contributed by atoms with van der Waals surface area (Å²) in [5.41, 5.74) is 0.617. The Balaban J connectivity index is 2.05. The maximum atomic E-state index is 12.7. The molecule has 1 aliphatic rings. The smallest absolute Gasteiger partial charge is 0.302 e. The minimum Gasteiger partial charge on any atom is -0.481 e. The second kappa shape index (κ2) is 6.14. The highest BCUT2D eigenvalue weighted by atomic mass is 32.3. The molecule has 1 aliphatic heterocycles. The summed E-state index contributed by atoms with van der Waals surface area (Å²) in [5.74, 6) is 1.55. The van der Waals surface area contributed by atoms with E-state index in [1.807, 2.05) is 0 Å². The first-order valence-electron chi connectivity index (χ1n) is 6.28. The summed E-state index contributed by atoms with van der Waals surface area (Å²) >= 11 is 0. The van der Waals surface area contributed by atoms with E-state index in [0.717, 1.165) is 0 Å². The molecule has 0 spiro atoms. The van der Waals surface area contributed by atoms with Crippen molar-refractivity contribution in [1.29, 1.82) is 0 Å². The Bertz CT molecular complexity index is 663. The van der Waals surface area contributed by atoms with Crippen LogP contribution >= 0.6 is 0 Å². The molecule has 1 aromatic carbocycles. The molecule has 0 aromatic heterocycles. The fourth-order valence-corrected chi connectivity index (χ4v) is 3.06. The number of nitrogens with zero attached hydrogens (tertiary/aromatic N) is 1. The predicted molar refractivity (Wildman–Crippen MR) is 76.1 cm³/mol. The average molecular weight is 311 g/mol. The van der Waals surface area contributed by atoms with Gasteiger partial charge in [-0.15, -0.1) is 10.3 Å². The van der Waals surface area contributed by atoms with Crippen LogP contribution in [0.15, 0.2) is 24.3 Å². The van der Waals surface area contributed by atoms with E-state index in [4.69, 9.17) is 11.2 Å². The molecular formula is C14H14FNO4S. The average Bonchev–Trinajstić information content (AvgIpc) is 2.75. The fourth-order valence-electron chi connectivity index (χ4n) is 2.27. The topological polar surface area (TPSA) is 63.7 Å². The van der Waals surface area contributed by atoms with E-state index in [-0.39, 0.29) is 25.5 Å². The molecule has 0 saturated carbocycles. The van der Waals surface area contributed by atoms with E-state index in [0.29, 0.717) is 11.4 Å². The lowest BCUT2D eigenvalue weighted by molar-refractivity contribution is -0.117. The molecule has 5 nitrogen and oxygen atoms in total. The zero-order valence-electron chi connectivity index (χ0n) is 11.2. The molecule has 1 atom stereocenters. The van der Waals surface area contributed by atoms with Crippen molar-refractivity contribution in [1.82, 2.24) is 0 Å². The van der Waals surface area contributed by atoms with E-state index in [1.165, 1.54) is 4.90 Å². The van der Waals surface area contributed by atoms with E-state index < -0.39 is 21.9 Å². The summed E-state index contributed by atoms with van der Waals surface area (Å²) in [6.45, 7) is 0.338. The van der Waals surface area contributed by atoms with E-state index >= 15 is 0 Å². The Labute approximate surface area is 122 Å². The Morgan fingerprint density at radius 1 is 1.38 bits per heavy atom. The van der Waals surface area contributed by atoms with Gasteiger partial charge >= 0.3 is 10.2 Å². The summed E-state index contributed by atoms with van der Waals surface area (Å²) in [6.07, 6.45) is 5.11. The number of hydrogen-bond donors (Lipinski definition) is 0. The Morgan fingerprint density at radius 3 is 2.62 bits per heavy atom. The number of ether oxygens (including phenoxy) is 1. The molecule has 2 rings (SSSR count). The lowest BCUT2D eigenvalue weighted by atomic mass is 10.1. The number of carbonyl (C=O) groups is 1. The van der Waals surface area contributed by atoms with Crippen LogP contribution in [0.3, 0.4) is 0 Å². The number of benzene rings is 1. The van der Waals surface area contributed by atoms with Gasteiger partial charge in [0.15, 0.2) is 0 Å². The predicted octanol–water partition coefficient (Wildman–Crippen LogP) is 1.35. The highest BCUT2D eigenvalue weighted by Crippen LogP contribution is 2.27. The van der Waals surface area contributed by atoms with Gasteiger partial charge in [0.2, 0.25) is 5.91 Å². The van der Waals surface area contributed by atoms with Crippen LogP contribution in [-0.4, -0.2) is 33.2 Å². The minimum absolute atomic E-state index is 0.0263. The first-order chi connectivity index (χ1) is 9.89. The standard InChI is InChI=1S/C14H14FNO4S/c1-2-7-20-13-5-3-12(4-6-13)16-9-11(8-14(16)17)10-21(15,18)19/h1,3-6,11H,7-10H2. The summed E-state index contributed by atoms with van der Waals surface area (Å²) in [7, 11) is -4.57. The number of rotatable bonds is 5. The number of anilines is 1. The van der Waals surface area contributed by atoms with E-state index in [1.54, 1.807) is 24.3 Å². The van der Waals surface area contributed by atoms with Crippen LogP contribution in [0.25, 0.3) is 0 Å². The molecule has 1 fully saturated rings. The van der Waals surface area contributed by atoms with E-state index in [9.17, 15) is 17.1 Å². The first kappa shape index (κ1) is 15.3. The maximum Gasteiger partial charge on any atom is 0.302 e. The summed E-state index contributed by atoms with van der Waals surface area (Å²) in [5, 5.41) is 0. The van der Waals surface area contributed by atoms with Crippen molar-refractivity contribution in [3.8, 4) is 18.1 Å². The summed E-state index contributed by atoms with van der Waals surface area (Å²) in [4.78, 5) is 13.3. The molecule has 1 unspecified atom stereocenters. The van der Waals surface area contributed by atoms with Crippen LogP contribution in [0.1, 0.15) is 6.42 Å². The molecule has 0 aliphatic carbocycles. The normalized spacial score (nSPS) is 18.6. The number of hydrogen-bond acceptors (Lipinski definition) is 4. The molecular weight excluding hydrogens is 297 g/mol. The van der Waals surface area contributed by atoms with Crippen LogP contribution in [0.4, 0.5) is 9.57 Å². The molecule has 7 heteroatoms. The second-order valence-electron chi connectivity index (χ2n) is 4.77. The summed E-state index contributed by atoms with van der Waals surface area (Å²) in [6, 6.07) is 6.69. The van der Waals surface area contributed by atoms with Crippen LogP contribution in [-0.2, 0) is 15.0 Å². The third-order valence-corrected chi connectivity index (χ3v) is 3.98. The van der Waals surface area contributed by atoms with Gasteiger partial charge in [-0.3, -0.25) is 4.79 Å². The molecule has 0 N–H and O–H groups in total. The third kappa shape index (κ3) is 4.20. The molecule has 1 saturated heterocycles. The zero-order chi connectivity index (χ0) is 15.5. The van der Waals surface area contributed by atoms with Crippen LogP contribution in [0, 0.1) is 18.3 Å². The van der Waals surface area contributed by atoms with Gasteiger partial charge in [-0.2, -0.15) is 8.42 Å². The lowest BCUT2D eigenvalue weighted by Crippen LogP contribution is -2.25. The number of carbonyl (C=O) groups excluding carboxylic acids is 1. The number of terminal acetylenes is 1. The Hall–Kier alpha value is -2.07. The molecule has 112 valence electrons. The Morgan fingerprint density at radius 2 is 2.05 bits per heavy atom. The van der Waals surface area contributed by atoms with Crippen molar-refractivity contribution >= 4 is 21.8 Å². The van der Waals surface area contributed by atoms with Gasteiger partial charge in [-0.05, 0) is 24.3 Å². The molecule has 1 aromatic rings. The van der Waals surface area contributed by atoms with Gasteiger partial charge in [-0.25, -0.2) is 0 Å². The SMILES string of the molecule is C#CCOc1ccc(N2CC(CS(=O)(=O)F)CC2=O)cc1. The van der Waals surface area contributed by atoms with Crippen LogP contribution in [0.5, 0.6) is 5.75 Å². The molecule has 21 heavy (non-hydrogen) atoms. The fraction of sp³-hybridized carbons (Fsp3) is 0.357. The molecule has 1 amide bonds. The van der Waals surface area contributed by atoms with Gasteiger partial charge in [0.25, 0.3) is 0 Å².